The highest BCUT2D eigenvalue weighted by Crippen LogP contribution is 2.13. The highest BCUT2D eigenvalue weighted by molar-refractivity contribution is 5.97. The quantitative estimate of drug-likeness (QED) is 0.861. The Morgan fingerprint density at radius 3 is 2.46 bits per heavy atom. The first kappa shape index (κ1) is 17.6. The molecular weight excluding hydrogens is 311 g/mol. The van der Waals surface area contributed by atoms with Crippen LogP contribution in [0.25, 0.3) is 0 Å². The van der Waals surface area contributed by atoms with Gasteiger partial charge >= 0.3 is 6.09 Å². The molecule has 1 amide bonds. The van der Waals surface area contributed by atoms with Crippen molar-refractivity contribution in [1.29, 1.82) is 0 Å². The normalized spacial score (nSPS) is 11.0. The van der Waals surface area contributed by atoms with Gasteiger partial charge in [-0.2, -0.15) is 0 Å². The second kappa shape index (κ2) is 7.21. The fourth-order valence-electron chi connectivity index (χ4n) is 1.98. The van der Waals surface area contributed by atoms with Crippen LogP contribution in [-0.4, -0.2) is 22.5 Å². The summed E-state index contributed by atoms with van der Waals surface area (Å²) in [4.78, 5) is 28.0. The van der Waals surface area contributed by atoms with Gasteiger partial charge in [0.25, 0.3) is 0 Å². The highest BCUT2D eigenvalue weighted by atomic mass is 19.1. The van der Waals surface area contributed by atoms with Gasteiger partial charge in [-0.25, -0.2) is 14.2 Å². The molecule has 0 aliphatic heterocycles. The summed E-state index contributed by atoms with van der Waals surface area (Å²) < 4.78 is 18.0. The first-order chi connectivity index (χ1) is 11.2. The molecule has 126 valence electrons. The van der Waals surface area contributed by atoms with Crippen molar-refractivity contribution < 1.29 is 18.7 Å². The molecule has 0 radical (unpaired) electrons. The Balaban J connectivity index is 2.03. The van der Waals surface area contributed by atoms with Gasteiger partial charge in [0.2, 0.25) is 0 Å². The van der Waals surface area contributed by atoms with Gasteiger partial charge in [0, 0.05) is 18.2 Å². The predicted molar refractivity (Wildman–Crippen MR) is 88.5 cm³/mol. The van der Waals surface area contributed by atoms with Crippen LogP contribution in [0, 0.1) is 5.82 Å². The van der Waals surface area contributed by atoms with Crippen LogP contribution in [0.4, 0.5) is 15.0 Å². The van der Waals surface area contributed by atoms with Crippen molar-refractivity contribution >= 4 is 17.7 Å². The van der Waals surface area contributed by atoms with Crippen molar-refractivity contribution in [3.05, 3.63) is 59.5 Å². The van der Waals surface area contributed by atoms with Crippen LogP contribution < -0.4 is 5.32 Å². The van der Waals surface area contributed by atoms with Crippen molar-refractivity contribution in [3.8, 4) is 0 Å². The van der Waals surface area contributed by atoms with Crippen molar-refractivity contribution in [2.24, 2.45) is 0 Å². The average molecular weight is 330 g/mol. The molecule has 0 bridgehead atoms. The minimum atomic E-state index is -0.614. The second-order valence-electron chi connectivity index (χ2n) is 6.28. The molecule has 0 saturated heterocycles. The van der Waals surface area contributed by atoms with E-state index in [1.54, 1.807) is 32.9 Å². The molecule has 1 aromatic carbocycles. The number of pyridine rings is 1. The molecule has 1 heterocycles. The molecule has 2 aromatic rings. The van der Waals surface area contributed by atoms with Crippen molar-refractivity contribution in [2.45, 2.75) is 32.8 Å². The summed E-state index contributed by atoms with van der Waals surface area (Å²) >= 11 is 0. The molecule has 0 aliphatic rings. The smallest absolute Gasteiger partial charge is 0.413 e. The van der Waals surface area contributed by atoms with Crippen LogP contribution in [0.15, 0.2) is 42.6 Å². The van der Waals surface area contributed by atoms with E-state index in [1.807, 2.05) is 0 Å². The number of hydrogen-bond donors (Lipinski definition) is 1. The molecule has 0 aliphatic carbocycles. The molecule has 1 N–H and O–H groups in total. The summed E-state index contributed by atoms with van der Waals surface area (Å²) in [5.41, 5.74) is 0.500. The van der Waals surface area contributed by atoms with E-state index in [0.29, 0.717) is 16.9 Å². The summed E-state index contributed by atoms with van der Waals surface area (Å²) in [5.74, 6) is -0.239. The van der Waals surface area contributed by atoms with Gasteiger partial charge in [-0.05, 0) is 62.7 Å². The van der Waals surface area contributed by atoms with Gasteiger partial charge in [0.15, 0.2) is 5.78 Å². The number of carbonyl (C=O) groups excluding carboxylic acids is 2. The molecule has 0 unspecified atom stereocenters. The first-order valence-electron chi connectivity index (χ1n) is 7.47. The fourth-order valence-corrected chi connectivity index (χ4v) is 1.98. The number of nitrogens with zero attached hydrogens (tertiary/aromatic N) is 1. The molecule has 1 aromatic heterocycles. The summed E-state index contributed by atoms with van der Waals surface area (Å²) in [5, 5.41) is 2.53. The molecule has 2 rings (SSSR count). The van der Waals surface area contributed by atoms with Crippen LogP contribution in [0.2, 0.25) is 0 Å². The molecule has 0 saturated carbocycles. The van der Waals surface area contributed by atoms with E-state index in [2.05, 4.69) is 10.3 Å². The number of amides is 1. The van der Waals surface area contributed by atoms with E-state index >= 15 is 0 Å². The molecule has 0 fully saturated rings. The SMILES string of the molecule is CC(C)(C)OC(=O)Nc1cc(CC(=O)c2ccc(F)cc2)ccn1. The zero-order chi connectivity index (χ0) is 17.7. The number of Topliss-reactive ketones (excluding diaryl/α,β-unsaturated/α-hetero) is 1. The molecule has 0 spiro atoms. The second-order valence-corrected chi connectivity index (χ2v) is 6.28. The summed E-state index contributed by atoms with van der Waals surface area (Å²) in [7, 11) is 0. The molecule has 6 heteroatoms. The van der Waals surface area contributed by atoms with E-state index in [0.717, 1.165) is 0 Å². The third-order valence-electron chi connectivity index (χ3n) is 2.98. The van der Waals surface area contributed by atoms with Gasteiger partial charge < -0.3 is 4.74 Å². The Morgan fingerprint density at radius 1 is 1.17 bits per heavy atom. The molecular formula is C18H19FN2O3. The Bertz CT molecular complexity index is 737. The number of rotatable bonds is 4. The Hall–Kier alpha value is -2.76. The number of ketones is 1. The maximum atomic E-state index is 12.9. The van der Waals surface area contributed by atoms with Gasteiger partial charge in [-0.15, -0.1) is 0 Å². The van der Waals surface area contributed by atoms with Crippen LogP contribution in [0.3, 0.4) is 0 Å². The summed E-state index contributed by atoms with van der Waals surface area (Å²) in [6, 6.07) is 8.66. The van der Waals surface area contributed by atoms with E-state index in [-0.39, 0.29) is 18.0 Å². The summed E-state index contributed by atoms with van der Waals surface area (Å²) in [6.07, 6.45) is 1.01. The number of nitrogens with one attached hydrogen (secondary N) is 1. The molecule has 0 atom stereocenters. The van der Waals surface area contributed by atoms with Crippen LogP contribution in [0.5, 0.6) is 0 Å². The lowest BCUT2D eigenvalue weighted by Gasteiger charge is -2.19. The van der Waals surface area contributed by atoms with E-state index < -0.39 is 11.7 Å². The van der Waals surface area contributed by atoms with E-state index in [4.69, 9.17) is 4.74 Å². The van der Waals surface area contributed by atoms with Crippen LogP contribution in [-0.2, 0) is 11.2 Å². The van der Waals surface area contributed by atoms with Crippen molar-refractivity contribution in [1.82, 2.24) is 4.98 Å². The number of ether oxygens (including phenoxy) is 1. The zero-order valence-corrected chi connectivity index (χ0v) is 13.8. The average Bonchev–Trinajstić information content (AvgIpc) is 2.46. The van der Waals surface area contributed by atoms with Gasteiger partial charge in [-0.1, -0.05) is 0 Å². The number of anilines is 1. The van der Waals surface area contributed by atoms with Crippen LogP contribution >= 0.6 is 0 Å². The minimum Gasteiger partial charge on any atom is -0.444 e. The summed E-state index contributed by atoms with van der Waals surface area (Å²) in [6.45, 7) is 5.29. The number of carbonyl (C=O) groups is 2. The monoisotopic (exact) mass is 330 g/mol. The number of aromatic nitrogens is 1. The molecule has 24 heavy (non-hydrogen) atoms. The number of hydrogen-bond acceptors (Lipinski definition) is 4. The zero-order valence-electron chi connectivity index (χ0n) is 13.8. The number of halogens is 1. The number of benzene rings is 1. The van der Waals surface area contributed by atoms with E-state index in [1.165, 1.54) is 30.5 Å². The molecule has 5 nitrogen and oxygen atoms in total. The van der Waals surface area contributed by atoms with Gasteiger partial charge in [0.05, 0.1) is 0 Å². The largest absolute Gasteiger partial charge is 0.444 e. The van der Waals surface area contributed by atoms with Gasteiger partial charge in [0.1, 0.15) is 17.2 Å². The topological polar surface area (TPSA) is 68.3 Å². The van der Waals surface area contributed by atoms with Crippen molar-refractivity contribution in [2.75, 3.05) is 5.32 Å². The first-order valence-corrected chi connectivity index (χ1v) is 7.47. The Kier molecular flexibility index (Phi) is 5.28. The fraction of sp³-hybridized carbons (Fsp3) is 0.278. The van der Waals surface area contributed by atoms with Crippen molar-refractivity contribution in [3.63, 3.8) is 0 Å². The lowest BCUT2D eigenvalue weighted by molar-refractivity contribution is 0.0635. The van der Waals surface area contributed by atoms with E-state index in [9.17, 15) is 14.0 Å². The third-order valence-corrected chi connectivity index (χ3v) is 2.98. The third kappa shape index (κ3) is 5.46. The standard InChI is InChI=1S/C18H19FN2O3/c1-18(2,3)24-17(23)21-16-11-12(8-9-20-16)10-15(22)13-4-6-14(19)7-5-13/h4-9,11H,10H2,1-3H3,(H,20,21,23). The van der Waals surface area contributed by atoms with Gasteiger partial charge in [-0.3, -0.25) is 10.1 Å². The highest BCUT2D eigenvalue weighted by Gasteiger charge is 2.16. The minimum absolute atomic E-state index is 0.122. The maximum absolute atomic E-state index is 12.9. The Morgan fingerprint density at radius 2 is 1.83 bits per heavy atom. The van der Waals surface area contributed by atoms with Crippen LogP contribution in [0.1, 0.15) is 36.7 Å². The Labute approximate surface area is 139 Å². The lowest BCUT2D eigenvalue weighted by atomic mass is 10.0. The lowest BCUT2D eigenvalue weighted by Crippen LogP contribution is -2.27. The predicted octanol–water partition coefficient (Wildman–Crippen LogP) is 3.99. The maximum Gasteiger partial charge on any atom is 0.413 e.